The van der Waals surface area contributed by atoms with Crippen LogP contribution in [0.3, 0.4) is 0 Å². The molecule has 0 saturated heterocycles. The second-order valence-electron chi connectivity index (χ2n) is 14.6. The average molecular weight is 755 g/mol. The van der Waals surface area contributed by atoms with Crippen molar-refractivity contribution in [1.29, 1.82) is 0 Å². The topological polar surface area (TPSA) is 0 Å². The van der Waals surface area contributed by atoms with Crippen molar-refractivity contribution in [3.8, 4) is 11.1 Å². The second-order valence-corrected chi connectivity index (χ2v) is 20.9. The third kappa shape index (κ3) is 5.46. The van der Waals surface area contributed by atoms with E-state index in [4.69, 9.17) is 0 Å². The summed E-state index contributed by atoms with van der Waals surface area (Å²) in [6.07, 6.45) is 12.4. The van der Waals surface area contributed by atoms with Gasteiger partial charge in [-0.1, -0.05) is 0 Å². The third-order valence-electron chi connectivity index (χ3n) is 10.6. The quantitative estimate of drug-likeness (QED) is 0.270. The van der Waals surface area contributed by atoms with Crippen LogP contribution in [0.4, 0.5) is 8.78 Å². The normalized spacial score (nSPS) is 17.1. The first-order valence-corrected chi connectivity index (χ1v) is 20.2. The summed E-state index contributed by atoms with van der Waals surface area (Å²) >= 11 is -3.12. The summed E-state index contributed by atoms with van der Waals surface area (Å²) in [6.45, 7) is 13.7. The predicted molar refractivity (Wildman–Crippen MR) is 185 cm³/mol. The van der Waals surface area contributed by atoms with E-state index in [-0.39, 0.29) is 50.9 Å². The summed E-state index contributed by atoms with van der Waals surface area (Å²) in [7, 11) is 0. The van der Waals surface area contributed by atoms with Gasteiger partial charge in [0.25, 0.3) is 0 Å². The van der Waals surface area contributed by atoms with Crippen LogP contribution in [0.15, 0.2) is 106 Å². The number of rotatable bonds is 4. The molecule has 4 aliphatic carbocycles. The monoisotopic (exact) mass is 752 g/mol. The van der Waals surface area contributed by atoms with Crippen molar-refractivity contribution in [3.63, 3.8) is 0 Å². The first-order chi connectivity index (χ1) is 21.9. The smallest absolute Gasteiger partial charge is 1.00 e. The molecular weight excluding hydrogens is 717 g/mol. The summed E-state index contributed by atoms with van der Waals surface area (Å²) in [4.78, 5) is 0. The maximum Gasteiger partial charge on any atom is -1.00 e. The maximum absolute atomic E-state index is 15.1. The van der Waals surface area contributed by atoms with Crippen LogP contribution >= 0.6 is 0 Å². The van der Waals surface area contributed by atoms with Crippen molar-refractivity contribution < 1.29 is 54.9 Å². The summed E-state index contributed by atoms with van der Waals surface area (Å²) in [5.41, 5.74) is 15.2. The molecule has 5 heteroatoms. The van der Waals surface area contributed by atoms with E-state index >= 15 is 8.78 Å². The number of hydrogen-bond donors (Lipinski definition) is 0. The molecule has 48 heavy (non-hydrogen) atoms. The van der Waals surface area contributed by atoms with E-state index in [0.29, 0.717) is 0 Å². The van der Waals surface area contributed by atoms with E-state index in [1.807, 2.05) is 12.1 Å². The molecule has 8 rings (SSSR count). The molecule has 0 fully saturated rings. The van der Waals surface area contributed by atoms with Crippen molar-refractivity contribution >= 4 is 14.4 Å². The Balaban J connectivity index is 0.00000201. The molecule has 0 aliphatic heterocycles. The van der Waals surface area contributed by atoms with Gasteiger partial charge in [-0.15, -0.1) is 0 Å². The molecule has 4 aromatic rings. The van der Waals surface area contributed by atoms with Crippen LogP contribution in [0, 0.1) is 11.6 Å². The number of allylic oxidation sites excluding steroid dienone is 8. The minimum absolute atomic E-state index is 0. The summed E-state index contributed by atoms with van der Waals surface area (Å²) in [6, 6.07) is 24.0. The molecule has 0 heterocycles. The molecule has 0 bridgehead atoms. The van der Waals surface area contributed by atoms with Crippen LogP contribution < -0.4 is 24.8 Å². The third-order valence-corrected chi connectivity index (χ3v) is 18.9. The zero-order valence-electron chi connectivity index (χ0n) is 28.1. The Labute approximate surface area is 303 Å². The summed E-state index contributed by atoms with van der Waals surface area (Å²) in [5.74, 6) is -0.524. The van der Waals surface area contributed by atoms with Gasteiger partial charge in [0.1, 0.15) is 0 Å². The molecule has 0 saturated carbocycles. The van der Waals surface area contributed by atoms with Crippen molar-refractivity contribution in [2.45, 2.75) is 62.4 Å². The SMILES string of the molecule is CC1=CC(C)(C)c2cc3c(cc21)-c1cc2c(cc1[CH]3[Zr+2]([C]1=CC=CC1)=[C](c1cccc(F)c1)c1cccc(F)c1)C(C)(C)C=C2C.[Cl-].[Cl-]. The average Bonchev–Trinajstić information content (AvgIpc) is 3.74. The molecule has 0 nitrogen and oxygen atoms in total. The first-order valence-electron chi connectivity index (χ1n) is 16.3. The first kappa shape index (κ1) is 34.9. The van der Waals surface area contributed by atoms with E-state index in [1.165, 1.54) is 71.1 Å². The number of fused-ring (bicyclic) bond motifs is 5. The van der Waals surface area contributed by atoms with Gasteiger partial charge in [-0.25, -0.2) is 0 Å². The van der Waals surface area contributed by atoms with E-state index < -0.39 is 21.3 Å². The predicted octanol–water partition coefficient (Wildman–Crippen LogP) is 5.16. The Morgan fingerprint density at radius 1 is 0.667 bits per heavy atom. The molecule has 242 valence electrons. The van der Waals surface area contributed by atoms with Gasteiger partial charge in [-0.05, 0) is 0 Å². The Bertz CT molecular complexity index is 2040. The number of halogens is 4. The van der Waals surface area contributed by atoms with Gasteiger partial charge in [-0.3, -0.25) is 0 Å². The van der Waals surface area contributed by atoms with Gasteiger partial charge in [0, 0.05) is 0 Å². The van der Waals surface area contributed by atoms with Gasteiger partial charge >= 0.3 is 281 Å². The number of hydrogen-bond acceptors (Lipinski definition) is 0. The zero-order chi connectivity index (χ0) is 32.1. The minimum Gasteiger partial charge on any atom is -1.00 e. The molecule has 0 aromatic heterocycles. The van der Waals surface area contributed by atoms with Crippen molar-refractivity contribution in [2.24, 2.45) is 0 Å². The Morgan fingerprint density at radius 3 is 1.56 bits per heavy atom. The maximum atomic E-state index is 15.1. The Hall–Kier alpha value is -2.97. The van der Waals surface area contributed by atoms with Crippen molar-refractivity contribution in [3.05, 3.63) is 163 Å². The molecule has 0 N–H and O–H groups in total. The fourth-order valence-electron chi connectivity index (χ4n) is 8.67. The van der Waals surface area contributed by atoms with Crippen LogP contribution in [0.25, 0.3) is 22.3 Å². The molecule has 0 atom stereocenters. The van der Waals surface area contributed by atoms with E-state index in [9.17, 15) is 0 Å². The van der Waals surface area contributed by atoms with Crippen LogP contribution in [0.1, 0.15) is 96.1 Å². The van der Waals surface area contributed by atoms with Gasteiger partial charge in [-0.2, -0.15) is 0 Å². The molecular formula is C43H38Cl2F2Zr. The number of benzene rings is 4. The van der Waals surface area contributed by atoms with Crippen LogP contribution in [-0.2, 0) is 32.1 Å². The van der Waals surface area contributed by atoms with Gasteiger partial charge < -0.3 is 24.8 Å². The molecule has 0 spiro atoms. The van der Waals surface area contributed by atoms with Crippen molar-refractivity contribution in [2.75, 3.05) is 0 Å². The standard InChI is InChI=1S/C25H25.C13H8F2.C5H5.2ClH.Zr/c1-14-12-24(3,4)22-8-16-7-17-9-23-19(15(2)13-25(23,5)6)11-21(17)20(16)10-18(14)22;14-12-5-1-3-10(8-12)7-11-4-2-6-13(15)9-11;1-2-4-5-3-1;;;/h7-13H,1-6H3;1-6,8-9H;1-3H,4H2;2*1H;/q;;;;;+2/p-2. The molecule has 4 aliphatic rings. The second kappa shape index (κ2) is 12.4. The Kier molecular flexibility index (Phi) is 9.02. The fourth-order valence-corrected chi connectivity index (χ4v) is 17.6. The molecule has 0 amide bonds. The van der Waals surface area contributed by atoms with Gasteiger partial charge in [0.2, 0.25) is 0 Å². The Morgan fingerprint density at radius 2 is 1.15 bits per heavy atom. The fraction of sp³-hybridized carbons (Fsp3) is 0.233. The molecule has 4 aromatic carbocycles. The van der Waals surface area contributed by atoms with Crippen LogP contribution in [0.5, 0.6) is 0 Å². The summed E-state index contributed by atoms with van der Waals surface area (Å²) < 4.78 is 32.9. The van der Waals surface area contributed by atoms with Crippen molar-refractivity contribution in [1.82, 2.24) is 0 Å². The van der Waals surface area contributed by atoms with Crippen LogP contribution in [0.2, 0.25) is 0 Å². The molecule has 0 unspecified atom stereocenters. The zero-order valence-corrected chi connectivity index (χ0v) is 32.1. The van der Waals surface area contributed by atoms with E-state index in [2.05, 4.69) is 96.2 Å². The van der Waals surface area contributed by atoms with E-state index in [0.717, 1.165) is 20.8 Å². The van der Waals surface area contributed by atoms with E-state index in [1.54, 1.807) is 24.3 Å². The molecule has 0 radical (unpaired) electrons. The van der Waals surface area contributed by atoms with Crippen LogP contribution in [-0.4, -0.2) is 3.21 Å². The van der Waals surface area contributed by atoms with Gasteiger partial charge in [0.05, 0.1) is 0 Å². The summed E-state index contributed by atoms with van der Waals surface area (Å²) in [5, 5.41) is 0. The van der Waals surface area contributed by atoms with Gasteiger partial charge in [0.15, 0.2) is 0 Å². The largest absolute Gasteiger partial charge is 1.00 e. The minimum atomic E-state index is -3.12.